The van der Waals surface area contributed by atoms with Gasteiger partial charge in [-0.1, -0.05) is 20.4 Å². The monoisotopic (exact) mass is 156 g/mol. The largest absolute Gasteiger partial charge is 0.396 e. The van der Waals surface area contributed by atoms with Crippen LogP contribution in [-0.2, 0) is 4.84 Å². The summed E-state index contributed by atoms with van der Waals surface area (Å²) in [6.45, 7) is 9.58. The molecule has 0 amide bonds. The average Bonchev–Trinajstić information content (AvgIpc) is 1.84. The van der Waals surface area contributed by atoms with E-state index in [0.717, 1.165) is 6.42 Å². The van der Waals surface area contributed by atoms with E-state index in [1.807, 2.05) is 0 Å². The Bertz CT molecular complexity index is 161. The van der Waals surface area contributed by atoms with Gasteiger partial charge in [0.05, 0.1) is 0 Å². The van der Waals surface area contributed by atoms with Gasteiger partial charge in [-0.05, 0) is 12.8 Å². The van der Waals surface area contributed by atoms with E-state index in [-0.39, 0.29) is 0 Å². The first-order chi connectivity index (χ1) is 5.06. The third kappa shape index (κ3) is 5.61. The van der Waals surface area contributed by atoms with Gasteiger partial charge in [0, 0.05) is 12.1 Å². The van der Waals surface area contributed by atoms with Crippen molar-refractivity contribution in [3.63, 3.8) is 0 Å². The molecule has 0 aromatic carbocycles. The normalized spacial score (nSPS) is 11.9. The van der Waals surface area contributed by atoms with E-state index in [1.54, 1.807) is 6.92 Å². The van der Waals surface area contributed by atoms with E-state index in [9.17, 15) is 0 Å². The number of rotatable bonds is 3. The second-order valence-electron chi connectivity index (χ2n) is 2.96. The van der Waals surface area contributed by atoms with Crippen LogP contribution in [0.5, 0.6) is 0 Å². The molecule has 0 heterocycles. The average molecular weight is 156 g/mol. The SMILES string of the molecule is C=C(C)/N=C(/CC(C)C)ON. The molecule has 3 nitrogen and oxygen atoms in total. The fraction of sp³-hybridized carbons (Fsp3) is 0.625. The van der Waals surface area contributed by atoms with E-state index in [0.29, 0.717) is 17.5 Å². The molecule has 0 saturated heterocycles. The van der Waals surface area contributed by atoms with Crippen molar-refractivity contribution in [2.45, 2.75) is 27.2 Å². The van der Waals surface area contributed by atoms with E-state index < -0.39 is 0 Å². The molecule has 0 aliphatic carbocycles. The Morgan fingerprint density at radius 2 is 2.18 bits per heavy atom. The highest BCUT2D eigenvalue weighted by Gasteiger charge is 2.02. The van der Waals surface area contributed by atoms with Crippen molar-refractivity contribution in [3.05, 3.63) is 12.3 Å². The number of hydrogen-bond acceptors (Lipinski definition) is 3. The molecule has 0 bridgehead atoms. The molecule has 3 heteroatoms. The molecular weight excluding hydrogens is 140 g/mol. The minimum atomic E-state index is 0.497. The number of nitrogens with two attached hydrogens (primary N) is 1. The van der Waals surface area contributed by atoms with Crippen LogP contribution in [0.4, 0.5) is 0 Å². The van der Waals surface area contributed by atoms with Gasteiger partial charge in [-0.25, -0.2) is 4.99 Å². The van der Waals surface area contributed by atoms with E-state index in [4.69, 9.17) is 5.90 Å². The molecule has 0 aliphatic rings. The number of allylic oxidation sites excluding steroid dienone is 1. The molecular formula is C8H16N2O. The van der Waals surface area contributed by atoms with Gasteiger partial charge in [0.25, 0.3) is 0 Å². The van der Waals surface area contributed by atoms with Crippen LogP contribution in [0, 0.1) is 5.92 Å². The first kappa shape index (κ1) is 10.2. The molecule has 0 atom stereocenters. The molecule has 0 saturated carbocycles. The summed E-state index contributed by atoms with van der Waals surface area (Å²) in [5.74, 6) is 6.04. The van der Waals surface area contributed by atoms with Gasteiger partial charge in [-0.2, -0.15) is 5.90 Å². The predicted molar refractivity (Wildman–Crippen MR) is 47.0 cm³/mol. The highest BCUT2D eigenvalue weighted by molar-refractivity contribution is 5.76. The maximum Gasteiger partial charge on any atom is 0.213 e. The molecule has 0 fully saturated rings. The number of nitrogens with zero attached hydrogens (tertiary/aromatic N) is 1. The Balaban J connectivity index is 4.05. The molecule has 0 aromatic rings. The third-order valence-corrected chi connectivity index (χ3v) is 1.03. The molecule has 0 aliphatic heterocycles. The predicted octanol–water partition coefficient (Wildman–Crippen LogP) is 1.85. The summed E-state index contributed by atoms with van der Waals surface area (Å²) in [5, 5.41) is 0. The molecule has 64 valence electrons. The van der Waals surface area contributed by atoms with Crippen molar-refractivity contribution in [1.29, 1.82) is 0 Å². The van der Waals surface area contributed by atoms with Crippen LogP contribution < -0.4 is 5.90 Å². The lowest BCUT2D eigenvalue weighted by atomic mass is 10.1. The summed E-state index contributed by atoms with van der Waals surface area (Å²) < 4.78 is 0. The van der Waals surface area contributed by atoms with E-state index in [2.05, 4.69) is 30.3 Å². The molecule has 0 radical (unpaired) electrons. The second kappa shape index (κ2) is 4.91. The van der Waals surface area contributed by atoms with Crippen LogP contribution in [-0.4, -0.2) is 5.90 Å². The standard InChI is InChI=1S/C8H16N2O/c1-6(2)5-8(11-9)10-7(3)4/h6H,3,5,9H2,1-2,4H3/b10-8-. The second-order valence-corrected chi connectivity index (χ2v) is 2.96. The zero-order chi connectivity index (χ0) is 8.85. The fourth-order valence-electron chi connectivity index (χ4n) is 0.682. The van der Waals surface area contributed by atoms with Crippen molar-refractivity contribution in [2.75, 3.05) is 0 Å². The summed E-state index contributed by atoms with van der Waals surface area (Å²) in [7, 11) is 0. The van der Waals surface area contributed by atoms with Gasteiger partial charge in [0.2, 0.25) is 5.90 Å². The Kier molecular flexibility index (Phi) is 4.54. The highest BCUT2D eigenvalue weighted by Crippen LogP contribution is 2.03. The highest BCUT2D eigenvalue weighted by atomic mass is 16.6. The van der Waals surface area contributed by atoms with Crippen LogP contribution in [0.1, 0.15) is 27.2 Å². The first-order valence-corrected chi connectivity index (χ1v) is 3.66. The smallest absolute Gasteiger partial charge is 0.213 e. The lowest BCUT2D eigenvalue weighted by molar-refractivity contribution is 0.304. The Hall–Kier alpha value is -0.830. The van der Waals surface area contributed by atoms with Crippen molar-refractivity contribution in [3.8, 4) is 0 Å². The molecule has 0 aromatic heterocycles. The fourth-order valence-corrected chi connectivity index (χ4v) is 0.682. The summed E-state index contributed by atoms with van der Waals surface area (Å²) in [5.41, 5.74) is 0.714. The van der Waals surface area contributed by atoms with Crippen molar-refractivity contribution in [2.24, 2.45) is 16.8 Å². The van der Waals surface area contributed by atoms with Crippen LogP contribution in [0.3, 0.4) is 0 Å². The summed E-state index contributed by atoms with van der Waals surface area (Å²) in [6.07, 6.45) is 0.753. The zero-order valence-corrected chi connectivity index (χ0v) is 7.42. The minimum absolute atomic E-state index is 0.497. The quantitative estimate of drug-likeness (QED) is 0.385. The Morgan fingerprint density at radius 1 is 1.64 bits per heavy atom. The Morgan fingerprint density at radius 3 is 2.45 bits per heavy atom. The third-order valence-electron chi connectivity index (χ3n) is 1.03. The molecule has 0 spiro atoms. The molecule has 2 N–H and O–H groups in total. The molecule has 11 heavy (non-hydrogen) atoms. The van der Waals surface area contributed by atoms with Gasteiger partial charge < -0.3 is 4.84 Å². The topological polar surface area (TPSA) is 47.6 Å². The zero-order valence-electron chi connectivity index (χ0n) is 7.42. The van der Waals surface area contributed by atoms with Crippen LogP contribution >= 0.6 is 0 Å². The van der Waals surface area contributed by atoms with Gasteiger partial charge in [0.15, 0.2) is 0 Å². The van der Waals surface area contributed by atoms with Gasteiger partial charge in [-0.15, -0.1) is 0 Å². The van der Waals surface area contributed by atoms with Gasteiger partial charge >= 0.3 is 0 Å². The van der Waals surface area contributed by atoms with Gasteiger partial charge in [0.1, 0.15) is 0 Å². The first-order valence-electron chi connectivity index (χ1n) is 3.66. The lowest BCUT2D eigenvalue weighted by Crippen LogP contribution is -2.12. The van der Waals surface area contributed by atoms with Crippen LogP contribution in [0.15, 0.2) is 17.3 Å². The maximum atomic E-state index is 5.00. The lowest BCUT2D eigenvalue weighted by Gasteiger charge is -2.05. The van der Waals surface area contributed by atoms with Crippen LogP contribution in [0.25, 0.3) is 0 Å². The molecule has 0 unspecified atom stereocenters. The Labute approximate surface area is 67.9 Å². The number of hydrogen-bond donors (Lipinski definition) is 1. The maximum absolute atomic E-state index is 5.00. The summed E-state index contributed by atoms with van der Waals surface area (Å²) in [6, 6.07) is 0. The van der Waals surface area contributed by atoms with Crippen molar-refractivity contribution < 1.29 is 4.84 Å². The van der Waals surface area contributed by atoms with E-state index >= 15 is 0 Å². The molecule has 0 rings (SSSR count). The minimum Gasteiger partial charge on any atom is -0.396 e. The van der Waals surface area contributed by atoms with Crippen LogP contribution in [0.2, 0.25) is 0 Å². The van der Waals surface area contributed by atoms with E-state index in [1.165, 1.54) is 0 Å². The van der Waals surface area contributed by atoms with Crippen molar-refractivity contribution >= 4 is 5.90 Å². The number of aliphatic imine (C=N–C) groups is 1. The summed E-state index contributed by atoms with van der Waals surface area (Å²) in [4.78, 5) is 8.57. The summed E-state index contributed by atoms with van der Waals surface area (Å²) >= 11 is 0. The van der Waals surface area contributed by atoms with Crippen molar-refractivity contribution in [1.82, 2.24) is 0 Å². The van der Waals surface area contributed by atoms with Gasteiger partial charge in [-0.3, -0.25) is 0 Å².